The van der Waals surface area contributed by atoms with E-state index in [1.165, 1.54) is 12.8 Å². The van der Waals surface area contributed by atoms with E-state index in [9.17, 15) is 0 Å². The summed E-state index contributed by atoms with van der Waals surface area (Å²) in [4.78, 5) is 8.42. The third kappa shape index (κ3) is 4.46. The monoisotopic (exact) mass is 383 g/mol. The lowest BCUT2D eigenvalue weighted by Crippen LogP contribution is -2.19. The van der Waals surface area contributed by atoms with Gasteiger partial charge in [0.15, 0.2) is 0 Å². The third-order valence-corrected chi connectivity index (χ3v) is 4.79. The molecule has 0 amide bonds. The second kappa shape index (κ2) is 8.06. The Balaban J connectivity index is 1.64. The van der Waals surface area contributed by atoms with Crippen LogP contribution < -0.4 is 10.1 Å². The van der Waals surface area contributed by atoms with Gasteiger partial charge in [0.1, 0.15) is 17.8 Å². The normalized spacial score (nSPS) is 13.7. The zero-order valence-electron chi connectivity index (χ0n) is 15.2. The molecule has 0 radical (unpaired) electrons. The van der Waals surface area contributed by atoms with Crippen molar-refractivity contribution in [1.29, 1.82) is 0 Å². The summed E-state index contributed by atoms with van der Waals surface area (Å²) in [6.07, 6.45) is 8.97. The van der Waals surface area contributed by atoms with Gasteiger partial charge in [-0.15, -0.1) is 0 Å². The first-order valence-corrected chi connectivity index (χ1v) is 9.53. The summed E-state index contributed by atoms with van der Waals surface area (Å²) in [6.45, 7) is 1.85. The van der Waals surface area contributed by atoms with Crippen LogP contribution in [0.4, 0.5) is 0 Å². The fourth-order valence-electron chi connectivity index (χ4n) is 3.04. The lowest BCUT2D eigenvalue weighted by Gasteiger charge is -2.06. The lowest BCUT2D eigenvalue weighted by molar-refractivity contribution is 0.415. The van der Waals surface area contributed by atoms with E-state index in [4.69, 9.17) is 21.4 Å². The Kier molecular flexibility index (Phi) is 5.36. The zero-order valence-corrected chi connectivity index (χ0v) is 16.0. The van der Waals surface area contributed by atoms with Crippen molar-refractivity contribution in [2.24, 2.45) is 0 Å². The quantitative estimate of drug-likeness (QED) is 0.599. The topological polar surface area (TPSA) is 64.9 Å². The fourth-order valence-corrected chi connectivity index (χ4v) is 3.26. The molecule has 1 aliphatic rings. The molecule has 3 aromatic rings. The number of methoxy groups -OCH3 is 1. The SMILES string of the molecule is COc1cc(Cl)cc(-c2nn(CCCNC3CC3)cc2-c2ccncn2)c1. The number of rotatable bonds is 8. The van der Waals surface area contributed by atoms with Crippen molar-refractivity contribution in [3.8, 4) is 28.3 Å². The Morgan fingerprint density at radius 3 is 2.93 bits per heavy atom. The van der Waals surface area contributed by atoms with E-state index in [1.807, 2.05) is 29.1 Å². The molecule has 27 heavy (non-hydrogen) atoms. The van der Waals surface area contributed by atoms with E-state index in [-0.39, 0.29) is 0 Å². The average Bonchev–Trinajstić information content (AvgIpc) is 3.42. The Morgan fingerprint density at radius 2 is 2.19 bits per heavy atom. The highest BCUT2D eigenvalue weighted by atomic mass is 35.5. The van der Waals surface area contributed by atoms with Crippen molar-refractivity contribution < 1.29 is 4.74 Å². The summed E-state index contributed by atoms with van der Waals surface area (Å²) in [5.74, 6) is 0.703. The van der Waals surface area contributed by atoms with Gasteiger partial charge in [-0.05, 0) is 50.1 Å². The van der Waals surface area contributed by atoms with Crippen molar-refractivity contribution >= 4 is 11.6 Å². The number of nitrogens with one attached hydrogen (secondary N) is 1. The van der Waals surface area contributed by atoms with Crippen molar-refractivity contribution in [2.45, 2.75) is 31.8 Å². The minimum absolute atomic E-state index is 0.612. The number of hydrogen-bond donors (Lipinski definition) is 1. The van der Waals surface area contributed by atoms with Crippen LogP contribution in [-0.2, 0) is 6.54 Å². The van der Waals surface area contributed by atoms with Crippen LogP contribution in [0.15, 0.2) is 43.0 Å². The molecule has 4 rings (SSSR count). The molecule has 0 saturated heterocycles. The number of halogens is 1. The van der Waals surface area contributed by atoms with Gasteiger partial charge in [-0.1, -0.05) is 11.6 Å². The van der Waals surface area contributed by atoms with E-state index in [0.717, 1.165) is 48.1 Å². The second-order valence-electron chi connectivity index (χ2n) is 6.71. The molecular formula is C20H22ClN5O. The highest BCUT2D eigenvalue weighted by Gasteiger charge is 2.20. The molecule has 1 saturated carbocycles. The number of nitrogens with zero attached hydrogens (tertiary/aromatic N) is 4. The molecule has 2 heterocycles. The van der Waals surface area contributed by atoms with E-state index in [0.29, 0.717) is 10.8 Å². The van der Waals surface area contributed by atoms with Crippen LogP contribution in [0.3, 0.4) is 0 Å². The van der Waals surface area contributed by atoms with Crippen LogP contribution in [-0.4, -0.2) is 39.4 Å². The molecule has 0 aliphatic heterocycles. The van der Waals surface area contributed by atoms with Gasteiger partial charge in [0.2, 0.25) is 0 Å². The van der Waals surface area contributed by atoms with E-state index >= 15 is 0 Å². The number of aromatic nitrogens is 4. The number of hydrogen-bond acceptors (Lipinski definition) is 5. The molecule has 0 unspecified atom stereocenters. The van der Waals surface area contributed by atoms with Gasteiger partial charge in [-0.2, -0.15) is 5.10 Å². The highest BCUT2D eigenvalue weighted by molar-refractivity contribution is 6.31. The Hall–Kier alpha value is -2.44. The van der Waals surface area contributed by atoms with Gasteiger partial charge < -0.3 is 10.1 Å². The molecule has 2 aromatic heterocycles. The molecule has 0 spiro atoms. The van der Waals surface area contributed by atoms with Gasteiger partial charge >= 0.3 is 0 Å². The van der Waals surface area contributed by atoms with Crippen LogP contribution in [0, 0.1) is 0 Å². The first-order valence-electron chi connectivity index (χ1n) is 9.15. The number of ether oxygens (including phenoxy) is 1. The van der Waals surface area contributed by atoms with Gasteiger partial charge in [0.25, 0.3) is 0 Å². The van der Waals surface area contributed by atoms with Gasteiger partial charge in [0.05, 0.1) is 12.8 Å². The minimum Gasteiger partial charge on any atom is -0.497 e. The number of benzene rings is 1. The summed E-state index contributed by atoms with van der Waals surface area (Å²) in [6, 6.07) is 8.25. The maximum absolute atomic E-state index is 6.27. The van der Waals surface area contributed by atoms with E-state index < -0.39 is 0 Å². The molecule has 0 atom stereocenters. The largest absolute Gasteiger partial charge is 0.497 e. The van der Waals surface area contributed by atoms with Gasteiger partial charge in [0, 0.05) is 41.1 Å². The Morgan fingerprint density at radius 1 is 1.30 bits per heavy atom. The number of aryl methyl sites for hydroxylation is 1. The Bertz CT molecular complexity index is 908. The molecule has 6 nitrogen and oxygen atoms in total. The van der Waals surface area contributed by atoms with Crippen molar-refractivity contribution in [3.05, 3.63) is 48.0 Å². The minimum atomic E-state index is 0.612. The molecule has 1 aromatic carbocycles. The highest BCUT2D eigenvalue weighted by Crippen LogP contribution is 2.33. The summed E-state index contributed by atoms with van der Waals surface area (Å²) in [7, 11) is 1.63. The molecule has 7 heteroatoms. The first-order chi connectivity index (χ1) is 13.2. The van der Waals surface area contributed by atoms with Crippen molar-refractivity contribution in [3.63, 3.8) is 0 Å². The maximum Gasteiger partial charge on any atom is 0.121 e. The van der Waals surface area contributed by atoms with E-state index in [2.05, 4.69) is 15.3 Å². The summed E-state index contributed by atoms with van der Waals surface area (Å²) in [5, 5.41) is 8.97. The smallest absolute Gasteiger partial charge is 0.121 e. The fraction of sp³-hybridized carbons (Fsp3) is 0.350. The maximum atomic E-state index is 6.27. The van der Waals surface area contributed by atoms with Gasteiger partial charge in [-0.3, -0.25) is 4.68 Å². The summed E-state index contributed by atoms with van der Waals surface area (Å²) in [5.41, 5.74) is 3.53. The van der Waals surface area contributed by atoms with Crippen molar-refractivity contribution in [1.82, 2.24) is 25.1 Å². The zero-order chi connectivity index (χ0) is 18.6. The molecule has 140 valence electrons. The molecule has 1 N–H and O–H groups in total. The standard InChI is InChI=1S/C20H22ClN5O/c1-27-17-10-14(9-15(21)11-17)20-18(19-5-7-22-13-24-19)12-26(25-20)8-2-6-23-16-3-4-16/h5,7,9-13,16,23H,2-4,6,8H2,1H3. The van der Waals surface area contributed by atoms with Crippen LogP contribution in [0.2, 0.25) is 5.02 Å². The summed E-state index contributed by atoms with van der Waals surface area (Å²) < 4.78 is 7.35. The van der Waals surface area contributed by atoms with Crippen LogP contribution >= 0.6 is 11.6 Å². The lowest BCUT2D eigenvalue weighted by atomic mass is 10.1. The average molecular weight is 384 g/mol. The van der Waals surface area contributed by atoms with Gasteiger partial charge in [-0.25, -0.2) is 9.97 Å². The van der Waals surface area contributed by atoms with E-state index in [1.54, 1.807) is 25.7 Å². The predicted octanol–water partition coefficient (Wildman–Crippen LogP) is 3.81. The van der Waals surface area contributed by atoms with Crippen molar-refractivity contribution in [2.75, 3.05) is 13.7 Å². The molecule has 1 fully saturated rings. The Labute approximate surface area is 163 Å². The predicted molar refractivity (Wildman–Crippen MR) is 106 cm³/mol. The second-order valence-corrected chi connectivity index (χ2v) is 7.15. The third-order valence-electron chi connectivity index (χ3n) is 4.57. The van der Waals surface area contributed by atoms with Crippen LogP contribution in [0.5, 0.6) is 5.75 Å². The molecule has 1 aliphatic carbocycles. The molecule has 0 bridgehead atoms. The van der Waals surface area contributed by atoms with Crippen LogP contribution in [0.1, 0.15) is 19.3 Å². The van der Waals surface area contributed by atoms with Crippen LogP contribution in [0.25, 0.3) is 22.5 Å². The molecular weight excluding hydrogens is 362 g/mol. The summed E-state index contributed by atoms with van der Waals surface area (Å²) >= 11 is 6.27. The first kappa shape index (κ1) is 17.9.